The fourth-order valence-electron chi connectivity index (χ4n) is 2.80. The van der Waals surface area contributed by atoms with E-state index >= 15 is 0 Å². The third kappa shape index (κ3) is 4.12. The summed E-state index contributed by atoms with van der Waals surface area (Å²) in [6.45, 7) is 8.16. The Morgan fingerprint density at radius 3 is 2.10 bits per heavy atom. The summed E-state index contributed by atoms with van der Waals surface area (Å²) in [5, 5.41) is 12.2. The molecule has 5 nitrogen and oxygen atoms in total. The SMILES string of the molecule is CCCC(C)N(C)C(=O)C(CCC)(CCC)C(N)=NO. The highest BCUT2D eigenvalue weighted by Gasteiger charge is 2.43. The van der Waals surface area contributed by atoms with E-state index in [-0.39, 0.29) is 17.8 Å². The minimum Gasteiger partial charge on any atom is -0.409 e. The van der Waals surface area contributed by atoms with Gasteiger partial charge >= 0.3 is 0 Å². The maximum Gasteiger partial charge on any atom is 0.236 e. The van der Waals surface area contributed by atoms with Crippen LogP contribution in [0.25, 0.3) is 0 Å². The molecule has 0 aromatic carbocycles. The highest BCUT2D eigenvalue weighted by atomic mass is 16.4. The summed E-state index contributed by atoms with van der Waals surface area (Å²) < 4.78 is 0. The van der Waals surface area contributed by atoms with Gasteiger partial charge in [0.15, 0.2) is 5.84 Å². The van der Waals surface area contributed by atoms with Crippen molar-refractivity contribution in [3.8, 4) is 0 Å². The van der Waals surface area contributed by atoms with Crippen LogP contribution < -0.4 is 5.73 Å². The molecule has 0 aromatic heterocycles. The van der Waals surface area contributed by atoms with Gasteiger partial charge in [0.1, 0.15) is 5.41 Å². The predicted octanol–water partition coefficient (Wildman–Crippen LogP) is 2.97. The number of rotatable bonds is 9. The maximum atomic E-state index is 12.9. The Bertz CT molecular complexity index is 323. The predicted molar refractivity (Wildman–Crippen MR) is 82.8 cm³/mol. The zero-order chi connectivity index (χ0) is 15.8. The van der Waals surface area contributed by atoms with Crippen molar-refractivity contribution < 1.29 is 10.0 Å². The zero-order valence-electron chi connectivity index (χ0n) is 13.6. The van der Waals surface area contributed by atoms with Crippen LogP contribution in [0.4, 0.5) is 0 Å². The van der Waals surface area contributed by atoms with E-state index in [1.807, 2.05) is 27.8 Å². The fraction of sp³-hybridized carbons (Fsp3) is 0.867. The first-order chi connectivity index (χ1) is 9.41. The second kappa shape index (κ2) is 8.82. The van der Waals surface area contributed by atoms with Crippen LogP contribution in [0.3, 0.4) is 0 Å². The lowest BCUT2D eigenvalue weighted by atomic mass is 9.76. The number of carbonyl (C=O) groups is 1. The molecule has 3 N–H and O–H groups in total. The minimum absolute atomic E-state index is 0.0301. The van der Waals surface area contributed by atoms with E-state index < -0.39 is 5.41 Å². The summed E-state index contributed by atoms with van der Waals surface area (Å²) in [5.41, 5.74) is 5.02. The Kier molecular flexibility index (Phi) is 8.26. The molecule has 0 saturated heterocycles. The molecule has 0 aliphatic carbocycles. The summed E-state index contributed by atoms with van der Waals surface area (Å²) in [4.78, 5) is 14.7. The standard InChI is InChI=1S/C15H31N3O2/c1-6-9-12(4)18(5)14(19)15(10-7-2,11-8-3)13(16)17-20/h12,20H,6-11H2,1-5H3,(H2,16,17). The van der Waals surface area contributed by atoms with E-state index in [0.717, 1.165) is 25.7 Å². The lowest BCUT2D eigenvalue weighted by Crippen LogP contribution is -2.52. The van der Waals surface area contributed by atoms with Gasteiger partial charge in [-0.05, 0) is 26.2 Å². The van der Waals surface area contributed by atoms with E-state index in [2.05, 4.69) is 12.1 Å². The normalized spacial score (nSPS) is 14.2. The van der Waals surface area contributed by atoms with Crippen LogP contribution in [0.15, 0.2) is 5.16 Å². The van der Waals surface area contributed by atoms with Crippen molar-refractivity contribution in [2.75, 3.05) is 7.05 Å². The molecular formula is C15H31N3O2. The molecule has 1 amide bonds. The fourth-order valence-corrected chi connectivity index (χ4v) is 2.80. The van der Waals surface area contributed by atoms with Crippen LogP contribution in [-0.2, 0) is 4.79 Å². The van der Waals surface area contributed by atoms with Crippen LogP contribution in [0.1, 0.15) is 66.2 Å². The molecule has 1 atom stereocenters. The van der Waals surface area contributed by atoms with E-state index in [0.29, 0.717) is 12.8 Å². The van der Waals surface area contributed by atoms with Gasteiger partial charge in [0.2, 0.25) is 5.91 Å². The Morgan fingerprint density at radius 1 is 1.25 bits per heavy atom. The number of amides is 1. The van der Waals surface area contributed by atoms with Crippen molar-refractivity contribution in [3.63, 3.8) is 0 Å². The lowest BCUT2D eigenvalue weighted by Gasteiger charge is -2.37. The third-order valence-corrected chi connectivity index (χ3v) is 4.05. The maximum absolute atomic E-state index is 12.9. The van der Waals surface area contributed by atoms with Crippen molar-refractivity contribution in [3.05, 3.63) is 0 Å². The third-order valence-electron chi connectivity index (χ3n) is 4.05. The Labute approximate surface area is 123 Å². The molecular weight excluding hydrogens is 254 g/mol. The summed E-state index contributed by atoms with van der Waals surface area (Å²) >= 11 is 0. The Morgan fingerprint density at radius 2 is 1.75 bits per heavy atom. The van der Waals surface area contributed by atoms with Crippen molar-refractivity contribution in [2.24, 2.45) is 16.3 Å². The summed E-state index contributed by atoms with van der Waals surface area (Å²) in [7, 11) is 1.81. The van der Waals surface area contributed by atoms with Crippen LogP contribution in [0.5, 0.6) is 0 Å². The number of hydrogen-bond donors (Lipinski definition) is 2. The van der Waals surface area contributed by atoms with Gasteiger partial charge in [0.25, 0.3) is 0 Å². The summed E-state index contributed by atoms with van der Waals surface area (Å²) in [6, 6.07) is 0.159. The van der Waals surface area contributed by atoms with E-state index in [1.165, 1.54) is 0 Å². The van der Waals surface area contributed by atoms with Crippen LogP contribution in [-0.4, -0.2) is 34.9 Å². The van der Waals surface area contributed by atoms with Crippen LogP contribution in [0, 0.1) is 5.41 Å². The highest BCUT2D eigenvalue weighted by molar-refractivity contribution is 6.06. The molecule has 20 heavy (non-hydrogen) atoms. The first-order valence-electron chi connectivity index (χ1n) is 7.66. The molecule has 0 aromatic rings. The largest absolute Gasteiger partial charge is 0.409 e. The smallest absolute Gasteiger partial charge is 0.236 e. The monoisotopic (exact) mass is 285 g/mol. The average Bonchev–Trinajstić information content (AvgIpc) is 2.44. The summed E-state index contributed by atoms with van der Waals surface area (Å²) in [5.74, 6) is 0.0131. The lowest BCUT2D eigenvalue weighted by molar-refractivity contribution is -0.140. The molecule has 0 aliphatic rings. The van der Waals surface area contributed by atoms with Crippen molar-refractivity contribution >= 4 is 11.7 Å². The van der Waals surface area contributed by atoms with Gasteiger partial charge in [-0.3, -0.25) is 4.79 Å². The molecule has 5 heteroatoms. The molecule has 0 fully saturated rings. The van der Waals surface area contributed by atoms with Gasteiger partial charge in [-0.25, -0.2) is 0 Å². The number of carbonyl (C=O) groups excluding carboxylic acids is 1. The van der Waals surface area contributed by atoms with E-state index in [4.69, 9.17) is 10.9 Å². The molecule has 0 saturated carbocycles. The Hall–Kier alpha value is -1.26. The van der Waals surface area contributed by atoms with Gasteiger partial charge in [0, 0.05) is 13.1 Å². The topological polar surface area (TPSA) is 78.9 Å². The van der Waals surface area contributed by atoms with Gasteiger partial charge < -0.3 is 15.8 Å². The Balaban J connectivity index is 5.44. The molecule has 0 rings (SSSR count). The highest BCUT2D eigenvalue weighted by Crippen LogP contribution is 2.33. The number of nitrogens with zero attached hydrogens (tertiary/aromatic N) is 2. The molecule has 1 unspecified atom stereocenters. The van der Waals surface area contributed by atoms with E-state index in [9.17, 15) is 4.79 Å². The molecule has 0 bridgehead atoms. The second-order valence-electron chi connectivity index (χ2n) is 5.62. The molecule has 0 aliphatic heterocycles. The number of oxime groups is 1. The first-order valence-corrected chi connectivity index (χ1v) is 7.66. The summed E-state index contributed by atoms with van der Waals surface area (Å²) in [6.07, 6.45) is 4.83. The quantitative estimate of drug-likeness (QED) is 0.296. The van der Waals surface area contributed by atoms with Gasteiger partial charge in [-0.15, -0.1) is 0 Å². The molecule has 0 heterocycles. The number of amidine groups is 1. The number of nitrogens with two attached hydrogens (primary N) is 1. The van der Waals surface area contributed by atoms with Crippen molar-refractivity contribution in [1.29, 1.82) is 0 Å². The second-order valence-corrected chi connectivity index (χ2v) is 5.62. The molecule has 118 valence electrons. The van der Waals surface area contributed by atoms with Crippen molar-refractivity contribution in [1.82, 2.24) is 4.90 Å². The van der Waals surface area contributed by atoms with Crippen LogP contribution >= 0.6 is 0 Å². The van der Waals surface area contributed by atoms with Gasteiger partial charge in [-0.2, -0.15) is 0 Å². The molecule has 0 spiro atoms. The van der Waals surface area contributed by atoms with Crippen LogP contribution in [0.2, 0.25) is 0 Å². The average molecular weight is 285 g/mol. The molecule has 0 radical (unpaired) electrons. The first kappa shape index (κ1) is 18.7. The van der Waals surface area contributed by atoms with Crippen molar-refractivity contribution in [2.45, 2.75) is 72.3 Å². The number of hydrogen-bond acceptors (Lipinski definition) is 3. The van der Waals surface area contributed by atoms with Gasteiger partial charge in [0.05, 0.1) is 0 Å². The zero-order valence-corrected chi connectivity index (χ0v) is 13.6. The van der Waals surface area contributed by atoms with Gasteiger partial charge in [-0.1, -0.05) is 45.2 Å². The minimum atomic E-state index is -0.866. The van der Waals surface area contributed by atoms with E-state index in [1.54, 1.807) is 4.90 Å².